The molecule has 0 radical (unpaired) electrons. The smallest absolute Gasteiger partial charge is 0.207 e. The number of sulfonamides is 1. The van der Waals surface area contributed by atoms with Crippen LogP contribution in [-0.2, 0) is 10.0 Å². The second-order valence-electron chi connectivity index (χ2n) is 6.32. The van der Waals surface area contributed by atoms with Crippen molar-refractivity contribution < 1.29 is 8.42 Å². The van der Waals surface area contributed by atoms with Crippen molar-refractivity contribution >= 4 is 32.6 Å². The highest BCUT2D eigenvalue weighted by Crippen LogP contribution is 2.45. The van der Waals surface area contributed by atoms with E-state index in [-0.39, 0.29) is 16.0 Å². The van der Waals surface area contributed by atoms with Crippen molar-refractivity contribution in [3.05, 3.63) is 65.7 Å². The molecule has 1 heterocycles. The summed E-state index contributed by atoms with van der Waals surface area (Å²) in [7, 11) is -3.52. The van der Waals surface area contributed by atoms with Crippen LogP contribution >= 0.6 is 22.6 Å². The molecule has 0 spiro atoms. The normalized spacial score (nSPS) is 25.0. The van der Waals surface area contributed by atoms with Gasteiger partial charge in [0.15, 0.2) is 0 Å². The van der Waals surface area contributed by atoms with E-state index >= 15 is 0 Å². The molecule has 0 saturated carbocycles. The summed E-state index contributed by atoms with van der Waals surface area (Å²) in [6, 6.07) is 17.1. The van der Waals surface area contributed by atoms with Crippen LogP contribution in [0.25, 0.3) is 0 Å². The molecule has 2 aromatic rings. The number of hydrogen-bond acceptors (Lipinski definition) is 2. The van der Waals surface area contributed by atoms with Crippen molar-refractivity contribution in [3.63, 3.8) is 0 Å². The van der Waals surface area contributed by atoms with E-state index in [1.54, 1.807) is 16.4 Å². The Morgan fingerprint density at radius 1 is 1.08 bits per heavy atom. The molecule has 3 atom stereocenters. The summed E-state index contributed by atoms with van der Waals surface area (Å²) in [6.45, 7) is 4.04. The number of alkyl halides is 1. The Morgan fingerprint density at radius 3 is 2.29 bits per heavy atom. The minimum absolute atomic E-state index is 0.0448. The topological polar surface area (TPSA) is 37.4 Å². The van der Waals surface area contributed by atoms with E-state index in [9.17, 15) is 8.42 Å². The molecule has 3 rings (SSSR count). The van der Waals surface area contributed by atoms with E-state index in [4.69, 9.17) is 0 Å². The first-order valence-electron chi connectivity index (χ1n) is 8.24. The molecule has 5 heteroatoms. The summed E-state index contributed by atoms with van der Waals surface area (Å²) in [4.78, 5) is 0.387. The first-order valence-corrected chi connectivity index (χ1v) is 10.9. The fourth-order valence-corrected chi connectivity index (χ4v) is 6.90. The van der Waals surface area contributed by atoms with E-state index in [1.165, 1.54) is 0 Å². The summed E-state index contributed by atoms with van der Waals surface area (Å²) in [6.07, 6.45) is 1.72. The van der Waals surface area contributed by atoms with Crippen LogP contribution in [0.3, 0.4) is 0 Å². The number of benzene rings is 2. The fraction of sp³-hybridized carbons (Fsp3) is 0.368. The van der Waals surface area contributed by atoms with E-state index < -0.39 is 10.0 Å². The van der Waals surface area contributed by atoms with Crippen LogP contribution in [0.15, 0.2) is 59.5 Å². The van der Waals surface area contributed by atoms with E-state index in [0.29, 0.717) is 4.90 Å². The minimum Gasteiger partial charge on any atom is -0.207 e. The van der Waals surface area contributed by atoms with Gasteiger partial charge in [0.25, 0.3) is 0 Å². The molecule has 0 N–H and O–H groups in total. The molecule has 2 aromatic carbocycles. The van der Waals surface area contributed by atoms with Crippen molar-refractivity contribution in [2.45, 2.75) is 47.6 Å². The molecule has 1 aliphatic rings. The van der Waals surface area contributed by atoms with Gasteiger partial charge in [0.1, 0.15) is 0 Å². The van der Waals surface area contributed by atoms with Gasteiger partial charge >= 0.3 is 0 Å². The largest absolute Gasteiger partial charge is 0.243 e. The molecule has 0 unspecified atom stereocenters. The lowest BCUT2D eigenvalue weighted by atomic mass is 10.1. The van der Waals surface area contributed by atoms with Gasteiger partial charge in [-0.1, -0.05) is 77.5 Å². The van der Waals surface area contributed by atoms with Crippen molar-refractivity contribution in [3.8, 4) is 0 Å². The molecule has 1 saturated heterocycles. The van der Waals surface area contributed by atoms with E-state index in [1.807, 2.05) is 49.4 Å². The third kappa shape index (κ3) is 3.26. The maximum atomic E-state index is 13.4. The monoisotopic (exact) mass is 455 g/mol. The molecule has 24 heavy (non-hydrogen) atoms. The van der Waals surface area contributed by atoms with Gasteiger partial charge in [-0.05, 0) is 37.5 Å². The van der Waals surface area contributed by atoms with E-state index in [0.717, 1.165) is 24.0 Å². The highest BCUT2D eigenvalue weighted by atomic mass is 127. The Kier molecular flexibility index (Phi) is 5.32. The molecular formula is C19H22INO2S. The summed E-state index contributed by atoms with van der Waals surface area (Å²) in [5.74, 6) is 0. The average molecular weight is 455 g/mol. The molecule has 0 amide bonds. The van der Waals surface area contributed by atoms with Gasteiger partial charge in [-0.25, -0.2) is 8.42 Å². The van der Waals surface area contributed by atoms with Crippen molar-refractivity contribution in [2.24, 2.45) is 0 Å². The van der Waals surface area contributed by atoms with Crippen LogP contribution in [0, 0.1) is 6.92 Å². The number of rotatable bonds is 4. The predicted molar refractivity (Wildman–Crippen MR) is 106 cm³/mol. The highest BCUT2D eigenvalue weighted by molar-refractivity contribution is 14.1. The summed E-state index contributed by atoms with van der Waals surface area (Å²) >= 11 is 2.41. The molecular weight excluding hydrogens is 433 g/mol. The SMILES string of the molecule is CC[C@@H]1C[C@@H](I)[C@H](c2ccccc2)N1S(=O)(=O)c1ccc(C)cc1. The van der Waals surface area contributed by atoms with Crippen LogP contribution in [0.1, 0.15) is 36.9 Å². The zero-order valence-corrected chi connectivity index (χ0v) is 16.9. The van der Waals surface area contributed by atoms with Crippen molar-refractivity contribution in [1.82, 2.24) is 4.31 Å². The zero-order valence-electron chi connectivity index (χ0n) is 13.9. The number of halogens is 1. The van der Waals surface area contributed by atoms with Gasteiger partial charge in [0.2, 0.25) is 10.0 Å². The molecule has 1 fully saturated rings. The number of aryl methyl sites for hydroxylation is 1. The quantitative estimate of drug-likeness (QED) is 0.495. The highest BCUT2D eigenvalue weighted by Gasteiger charge is 2.46. The van der Waals surface area contributed by atoms with Gasteiger partial charge in [-0.2, -0.15) is 4.31 Å². The van der Waals surface area contributed by atoms with Crippen LogP contribution in [0.4, 0.5) is 0 Å². The van der Waals surface area contributed by atoms with Crippen molar-refractivity contribution in [2.75, 3.05) is 0 Å². The van der Waals surface area contributed by atoms with Crippen LogP contribution in [0.2, 0.25) is 0 Å². The zero-order chi connectivity index (χ0) is 17.3. The Hall–Kier alpha value is -0.920. The molecule has 128 valence electrons. The minimum atomic E-state index is -3.52. The Bertz CT molecular complexity index is 790. The van der Waals surface area contributed by atoms with Crippen molar-refractivity contribution in [1.29, 1.82) is 0 Å². The van der Waals surface area contributed by atoms with Crippen LogP contribution < -0.4 is 0 Å². The van der Waals surface area contributed by atoms with Crippen LogP contribution in [-0.4, -0.2) is 22.7 Å². The average Bonchev–Trinajstić information content (AvgIpc) is 2.93. The van der Waals surface area contributed by atoms with E-state index in [2.05, 4.69) is 29.5 Å². The lowest BCUT2D eigenvalue weighted by molar-refractivity contribution is 0.321. The third-order valence-corrected chi connectivity index (χ3v) is 7.82. The van der Waals surface area contributed by atoms with Gasteiger partial charge in [0.05, 0.1) is 10.9 Å². The molecule has 0 bridgehead atoms. The first-order chi connectivity index (χ1) is 11.4. The first kappa shape index (κ1) is 17.9. The van der Waals surface area contributed by atoms with Gasteiger partial charge in [0, 0.05) is 9.97 Å². The molecule has 0 aromatic heterocycles. The molecule has 3 nitrogen and oxygen atoms in total. The van der Waals surface area contributed by atoms with Crippen LogP contribution in [0.5, 0.6) is 0 Å². The Morgan fingerprint density at radius 2 is 1.71 bits per heavy atom. The van der Waals surface area contributed by atoms with Gasteiger partial charge in [-0.15, -0.1) is 0 Å². The maximum absolute atomic E-state index is 13.4. The second-order valence-corrected chi connectivity index (χ2v) is 9.76. The van der Waals surface area contributed by atoms with Gasteiger partial charge in [-0.3, -0.25) is 0 Å². The maximum Gasteiger partial charge on any atom is 0.243 e. The Labute approximate surface area is 158 Å². The number of nitrogens with zero attached hydrogens (tertiary/aromatic N) is 1. The second kappa shape index (κ2) is 7.14. The fourth-order valence-electron chi connectivity index (χ4n) is 3.41. The van der Waals surface area contributed by atoms with Gasteiger partial charge < -0.3 is 0 Å². The Balaban J connectivity index is 2.08. The predicted octanol–water partition coefficient (Wildman–Crippen LogP) is 4.71. The third-order valence-electron chi connectivity index (χ3n) is 4.68. The summed E-state index contributed by atoms with van der Waals surface area (Å²) in [5.41, 5.74) is 2.14. The molecule has 1 aliphatic heterocycles. The lowest BCUT2D eigenvalue weighted by Gasteiger charge is -2.30. The summed E-state index contributed by atoms with van der Waals surface area (Å²) < 4.78 is 28.8. The molecule has 0 aliphatic carbocycles. The standard InChI is InChI=1S/C19H22INO2S/c1-3-16-13-18(20)19(15-7-5-4-6-8-15)21(16)24(22,23)17-11-9-14(2)10-12-17/h4-12,16,18-19H,3,13H2,1-2H3/t16-,18-,19+/m1/s1. The lowest BCUT2D eigenvalue weighted by Crippen LogP contribution is -2.37. The summed E-state index contributed by atoms with van der Waals surface area (Å²) in [5, 5.41) is 0. The number of hydrogen-bond donors (Lipinski definition) is 0.